The van der Waals surface area contributed by atoms with Crippen molar-refractivity contribution in [3.05, 3.63) is 46.0 Å². The van der Waals surface area contributed by atoms with Crippen LogP contribution in [0.1, 0.15) is 5.56 Å². The van der Waals surface area contributed by atoms with Gasteiger partial charge in [0.15, 0.2) is 5.75 Å². The lowest BCUT2D eigenvalue weighted by Gasteiger charge is -2.02. The summed E-state index contributed by atoms with van der Waals surface area (Å²) in [6.07, 6.45) is 0. The minimum absolute atomic E-state index is 0.0587. The van der Waals surface area contributed by atoms with E-state index in [0.29, 0.717) is 0 Å². The highest BCUT2D eigenvalue weighted by molar-refractivity contribution is 5.64. The average molecular weight is 300 g/mol. The van der Waals surface area contributed by atoms with Crippen molar-refractivity contribution in [2.45, 2.75) is 0 Å². The zero-order valence-corrected chi connectivity index (χ0v) is 10.8. The third-order valence-corrected chi connectivity index (χ3v) is 2.68. The van der Waals surface area contributed by atoms with Gasteiger partial charge in [-0.05, 0) is 18.2 Å². The number of nitrogens with zero attached hydrogens (tertiary/aromatic N) is 4. The second kappa shape index (κ2) is 5.76. The van der Waals surface area contributed by atoms with Gasteiger partial charge in [0.1, 0.15) is 34.5 Å². The summed E-state index contributed by atoms with van der Waals surface area (Å²) in [4.78, 5) is 9.87. The topological polar surface area (TPSA) is 152 Å². The summed E-state index contributed by atoms with van der Waals surface area (Å²) in [5.41, 5.74) is -0.830. The molecule has 0 aromatic heterocycles. The van der Waals surface area contributed by atoms with Crippen molar-refractivity contribution in [1.29, 1.82) is 5.26 Å². The molecule has 0 aliphatic carbocycles. The van der Waals surface area contributed by atoms with Crippen LogP contribution >= 0.6 is 0 Å². The second-order valence-corrected chi connectivity index (χ2v) is 4.07. The quantitative estimate of drug-likeness (QED) is 0.450. The van der Waals surface area contributed by atoms with Crippen molar-refractivity contribution in [1.82, 2.24) is 0 Å². The normalized spacial score (nSPS) is 10.5. The monoisotopic (exact) mass is 300 g/mol. The maximum Gasteiger partial charge on any atom is 0.273 e. The number of aromatic hydroxyl groups is 3. The number of nitro benzene ring substituents is 1. The molecule has 0 radical (unpaired) electrons. The molecular weight excluding hydrogens is 292 g/mol. The first-order chi connectivity index (χ1) is 10.4. The van der Waals surface area contributed by atoms with Crippen LogP contribution in [0, 0.1) is 21.4 Å². The van der Waals surface area contributed by atoms with Gasteiger partial charge in [-0.1, -0.05) is 0 Å². The number of non-ortho nitro benzene ring substituents is 1. The molecule has 0 spiro atoms. The Hall–Kier alpha value is -3.67. The van der Waals surface area contributed by atoms with Crippen LogP contribution in [0.5, 0.6) is 17.2 Å². The Bertz CT molecular complexity index is 826. The van der Waals surface area contributed by atoms with Crippen LogP contribution in [0.15, 0.2) is 40.6 Å². The summed E-state index contributed by atoms with van der Waals surface area (Å²) in [7, 11) is 0. The molecule has 0 saturated carbocycles. The molecule has 22 heavy (non-hydrogen) atoms. The van der Waals surface area contributed by atoms with E-state index in [2.05, 4.69) is 10.2 Å². The highest BCUT2D eigenvalue weighted by Gasteiger charge is 2.13. The molecule has 0 fully saturated rings. The van der Waals surface area contributed by atoms with E-state index in [1.54, 1.807) is 6.07 Å². The van der Waals surface area contributed by atoms with Crippen LogP contribution in [0.25, 0.3) is 0 Å². The molecular formula is C13H8N4O5. The Kier molecular flexibility index (Phi) is 3.86. The predicted octanol–water partition coefficient (Wildman–Crippen LogP) is 3.00. The van der Waals surface area contributed by atoms with Crippen LogP contribution in [0.3, 0.4) is 0 Å². The van der Waals surface area contributed by atoms with E-state index in [4.69, 9.17) is 5.26 Å². The van der Waals surface area contributed by atoms with Crippen LogP contribution < -0.4 is 0 Å². The van der Waals surface area contributed by atoms with Crippen LogP contribution in [-0.4, -0.2) is 20.2 Å². The third-order valence-electron chi connectivity index (χ3n) is 2.68. The SMILES string of the molecule is N#Cc1c(O)ccc(N=Nc2ccc([N+](=O)[O-])cc2O)c1O. The van der Waals surface area contributed by atoms with Crippen LogP contribution in [0.4, 0.5) is 17.1 Å². The fraction of sp³-hybridized carbons (Fsp3) is 0. The maximum absolute atomic E-state index is 10.5. The molecule has 0 aliphatic rings. The first kappa shape index (κ1) is 14.7. The largest absolute Gasteiger partial charge is 0.506 e. The van der Waals surface area contributed by atoms with Gasteiger partial charge in [-0.25, -0.2) is 0 Å². The molecule has 2 aromatic rings. The molecule has 2 rings (SSSR count). The van der Waals surface area contributed by atoms with Gasteiger partial charge < -0.3 is 15.3 Å². The average Bonchev–Trinajstić information content (AvgIpc) is 2.48. The number of azo groups is 1. The number of hydrogen-bond donors (Lipinski definition) is 3. The van der Waals surface area contributed by atoms with Crippen molar-refractivity contribution in [2.75, 3.05) is 0 Å². The van der Waals surface area contributed by atoms with Gasteiger partial charge in [0.05, 0.1) is 11.0 Å². The van der Waals surface area contributed by atoms with Crippen LogP contribution in [-0.2, 0) is 0 Å². The van der Waals surface area contributed by atoms with Gasteiger partial charge in [-0.15, -0.1) is 10.2 Å². The predicted molar refractivity (Wildman–Crippen MR) is 73.4 cm³/mol. The first-order valence-corrected chi connectivity index (χ1v) is 5.78. The third kappa shape index (κ3) is 2.75. The lowest BCUT2D eigenvalue weighted by Crippen LogP contribution is -1.86. The van der Waals surface area contributed by atoms with E-state index in [1.165, 1.54) is 12.1 Å². The van der Waals surface area contributed by atoms with Crippen molar-refractivity contribution >= 4 is 17.1 Å². The van der Waals surface area contributed by atoms with E-state index < -0.39 is 22.2 Å². The van der Waals surface area contributed by atoms with Gasteiger partial charge in [0.2, 0.25) is 0 Å². The Balaban J connectivity index is 2.38. The van der Waals surface area contributed by atoms with Crippen molar-refractivity contribution < 1.29 is 20.2 Å². The standard InChI is InChI=1S/C13H8N4O5/c14-6-8-11(18)4-3-10(13(8)20)16-15-9-2-1-7(17(21)22)5-12(9)19/h1-5,18-20H. The Labute approximate surface area is 123 Å². The number of phenols is 3. The Morgan fingerprint density at radius 1 is 1.05 bits per heavy atom. The lowest BCUT2D eigenvalue weighted by atomic mass is 10.1. The zero-order chi connectivity index (χ0) is 16.3. The molecule has 9 heteroatoms. The summed E-state index contributed by atoms with van der Waals surface area (Å²) in [6.45, 7) is 0. The molecule has 0 bridgehead atoms. The number of hydrogen-bond acceptors (Lipinski definition) is 8. The lowest BCUT2D eigenvalue weighted by molar-refractivity contribution is -0.384. The summed E-state index contributed by atoms with van der Waals surface area (Å²) in [6, 6.07) is 7.20. The molecule has 0 heterocycles. The molecule has 9 nitrogen and oxygen atoms in total. The van der Waals surface area contributed by atoms with Gasteiger partial charge in [-0.2, -0.15) is 5.26 Å². The zero-order valence-electron chi connectivity index (χ0n) is 10.8. The molecule has 0 atom stereocenters. The minimum Gasteiger partial charge on any atom is -0.506 e. The molecule has 3 N–H and O–H groups in total. The number of benzene rings is 2. The van der Waals surface area contributed by atoms with Gasteiger partial charge >= 0.3 is 0 Å². The maximum atomic E-state index is 10.5. The number of phenolic OH excluding ortho intramolecular Hbond substituents is 3. The molecule has 0 amide bonds. The number of nitriles is 1. The minimum atomic E-state index is -0.675. The summed E-state index contributed by atoms with van der Waals surface area (Å²) >= 11 is 0. The second-order valence-electron chi connectivity index (χ2n) is 4.07. The molecule has 2 aromatic carbocycles. The summed E-state index contributed by atoms with van der Waals surface area (Å²) in [5.74, 6) is -1.43. The highest BCUT2D eigenvalue weighted by Crippen LogP contribution is 2.37. The van der Waals surface area contributed by atoms with Crippen molar-refractivity contribution in [2.24, 2.45) is 10.2 Å². The highest BCUT2D eigenvalue weighted by atomic mass is 16.6. The Morgan fingerprint density at radius 2 is 1.68 bits per heavy atom. The van der Waals surface area contributed by atoms with E-state index in [-0.39, 0.29) is 22.6 Å². The van der Waals surface area contributed by atoms with Gasteiger partial charge in [-0.3, -0.25) is 10.1 Å². The van der Waals surface area contributed by atoms with Gasteiger partial charge in [0.25, 0.3) is 5.69 Å². The molecule has 110 valence electrons. The molecule has 0 unspecified atom stereocenters. The first-order valence-electron chi connectivity index (χ1n) is 5.78. The Morgan fingerprint density at radius 3 is 2.27 bits per heavy atom. The van der Waals surface area contributed by atoms with Crippen molar-refractivity contribution in [3.63, 3.8) is 0 Å². The summed E-state index contributed by atoms with van der Waals surface area (Å²) < 4.78 is 0. The number of nitro groups is 1. The van der Waals surface area contributed by atoms with E-state index in [0.717, 1.165) is 18.2 Å². The smallest absolute Gasteiger partial charge is 0.273 e. The molecule has 0 aliphatic heterocycles. The fourth-order valence-corrected chi connectivity index (χ4v) is 1.58. The van der Waals surface area contributed by atoms with E-state index >= 15 is 0 Å². The summed E-state index contributed by atoms with van der Waals surface area (Å²) in [5, 5.41) is 55.4. The van der Waals surface area contributed by atoms with Crippen LogP contribution in [0.2, 0.25) is 0 Å². The number of rotatable bonds is 3. The van der Waals surface area contributed by atoms with Gasteiger partial charge in [0, 0.05) is 6.07 Å². The van der Waals surface area contributed by atoms with Crippen molar-refractivity contribution in [3.8, 4) is 23.3 Å². The van der Waals surface area contributed by atoms with E-state index in [1.807, 2.05) is 0 Å². The van der Waals surface area contributed by atoms with E-state index in [9.17, 15) is 25.4 Å². The fourth-order valence-electron chi connectivity index (χ4n) is 1.58. The molecule has 0 saturated heterocycles.